The van der Waals surface area contributed by atoms with Crippen LogP contribution in [0.1, 0.15) is 60.8 Å². The van der Waals surface area contributed by atoms with Crippen LogP contribution in [-0.2, 0) is 20.9 Å². The molecule has 37 heavy (non-hydrogen) atoms. The van der Waals surface area contributed by atoms with Crippen LogP contribution in [0.4, 0.5) is 0 Å². The molecule has 3 heterocycles. The summed E-state index contributed by atoms with van der Waals surface area (Å²) < 4.78 is 16.0. The minimum atomic E-state index is -0.630. The highest BCUT2D eigenvalue weighted by atomic mass is 16.6. The number of hydrogen-bond donors (Lipinski definition) is 2. The van der Waals surface area contributed by atoms with Crippen molar-refractivity contribution in [3.05, 3.63) is 41.2 Å². The van der Waals surface area contributed by atoms with Crippen molar-refractivity contribution in [2.75, 3.05) is 32.8 Å². The van der Waals surface area contributed by atoms with Crippen LogP contribution in [0.5, 0.6) is 5.75 Å². The fraction of sp³-hybridized carbons (Fsp3) is 0.577. The Morgan fingerprint density at radius 2 is 1.86 bits per heavy atom. The number of amides is 3. The van der Waals surface area contributed by atoms with Gasteiger partial charge in [-0.05, 0) is 63.8 Å². The first kappa shape index (κ1) is 26.6. The molecule has 0 radical (unpaired) electrons. The van der Waals surface area contributed by atoms with Crippen molar-refractivity contribution < 1.29 is 28.5 Å². The van der Waals surface area contributed by atoms with Gasteiger partial charge in [-0.25, -0.2) is 4.63 Å². The third-order valence-electron chi connectivity index (χ3n) is 7.19. The molecule has 2 aliphatic rings. The Morgan fingerprint density at radius 3 is 2.57 bits per heavy atom. The summed E-state index contributed by atoms with van der Waals surface area (Å²) in [7, 11) is 0. The second kappa shape index (κ2) is 12.2. The van der Waals surface area contributed by atoms with Crippen LogP contribution >= 0.6 is 0 Å². The Hall–Kier alpha value is -3.47. The predicted octanol–water partition coefficient (Wildman–Crippen LogP) is 2.00. The summed E-state index contributed by atoms with van der Waals surface area (Å²) in [5.41, 5.74) is 1.25. The van der Waals surface area contributed by atoms with E-state index in [1.54, 1.807) is 43.0 Å². The number of piperidine rings is 1. The molecule has 11 nitrogen and oxygen atoms in total. The number of likely N-dealkylation sites (tertiary alicyclic amines) is 1. The fourth-order valence-electron chi connectivity index (χ4n) is 4.72. The minimum Gasteiger partial charge on any atom is -0.487 e. The molecule has 2 aromatic rings. The summed E-state index contributed by atoms with van der Waals surface area (Å²) >= 11 is 0. The average molecular weight is 514 g/mol. The maximum Gasteiger partial charge on any atom is 0.253 e. The van der Waals surface area contributed by atoms with Crippen LogP contribution < -0.4 is 15.4 Å². The Kier molecular flexibility index (Phi) is 8.75. The number of benzene rings is 1. The van der Waals surface area contributed by atoms with Gasteiger partial charge in [0, 0.05) is 31.8 Å². The van der Waals surface area contributed by atoms with Gasteiger partial charge in [0.25, 0.3) is 5.91 Å². The number of ether oxygens (including phenoxy) is 2. The van der Waals surface area contributed by atoms with Gasteiger partial charge in [0.05, 0.1) is 12.0 Å². The lowest BCUT2D eigenvalue weighted by molar-refractivity contribution is -0.137. The molecule has 200 valence electrons. The lowest BCUT2D eigenvalue weighted by atomic mass is 9.73. The van der Waals surface area contributed by atoms with E-state index in [1.165, 1.54) is 0 Å². The van der Waals surface area contributed by atoms with Crippen LogP contribution in [0.15, 0.2) is 28.9 Å². The number of nitrogens with one attached hydrogen (secondary N) is 2. The number of rotatable bonds is 4. The third-order valence-corrected chi connectivity index (χ3v) is 7.19. The molecule has 2 aliphatic heterocycles. The zero-order chi connectivity index (χ0) is 26.3. The summed E-state index contributed by atoms with van der Waals surface area (Å²) in [6.07, 6.45) is 3.49. The van der Waals surface area contributed by atoms with E-state index >= 15 is 0 Å². The van der Waals surface area contributed by atoms with E-state index in [0.717, 1.165) is 12.8 Å². The van der Waals surface area contributed by atoms with Crippen molar-refractivity contribution in [3.8, 4) is 5.75 Å². The van der Waals surface area contributed by atoms with Crippen LogP contribution in [0, 0.1) is 12.3 Å². The van der Waals surface area contributed by atoms with Crippen LogP contribution in [0.25, 0.3) is 0 Å². The molecule has 4 rings (SSSR count). The third kappa shape index (κ3) is 6.65. The van der Waals surface area contributed by atoms with Crippen LogP contribution in [0.3, 0.4) is 0 Å². The Labute approximate surface area is 216 Å². The van der Waals surface area contributed by atoms with Crippen molar-refractivity contribution >= 4 is 17.7 Å². The van der Waals surface area contributed by atoms with Crippen LogP contribution in [0.2, 0.25) is 0 Å². The van der Waals surface area contributed by atoms with Crippen molar-refractivity contribution in [2.24, 2.45) is 5.41 Å². The molecule has 2 fully saturated rings. The van der Waals surface area contributed by atoms with Crippen molar-refractivity contribution in [1.82, 2.24) is 25.8 Å². The van der Waals surface area contributed by atoms with E-state index in [-0.39, 0.29) is 24.3 Å². The number of aryl methyl sites for hydroxylation is 1. The Bertz CT molecular complexity index is 1080. The second-order valence-electron chi connectivity index (χ2n) is 9.74. The van der Waals surface area contributed by atoms with E-state index in [4.69, 9.17) is 9.47 Å². The van der Waals surface area contributed by atoms with Gasteiger partial charge in [0.1, 0.15) is 29.8 Å². The predicted molar refractivity (Wildman–Crippen MR) is 133 cm³/mol. The standard InChI is InChI=1S/C26H35N5O6/c1-18-22(30-37-29-18)17-36-21-7-5-20(6-8-21)24(33)31-13-10-26(11-14-31)9-3-4-15-35-16-12-27-23(32)19(2)28-25(26)34/h5-8,19H,3-4,9-17H2,1-2H3,(H,27,32)(H,28,34)/t19-/m0/s1. The van der Waals surface area contributed by atoms with Gasteiger partial charge in [-0.3, -0.25) is 14.4 Å². The average Bonchev–Trinajstić information content (AvgIpc) is 3.33. The topological polar surface area (TPSA) is 136 Å². The van der Waals surface area contributed by atoms with Gasteiger partial charge in [-0.1, -0.05) is 16.7 Å². The van der Waals surface area contributed by atoms with E-state index in [0.29, 0.717) is 74.8 Å². The Morgan fingerprint density at radius 1 is 1.11 bits per heavy atom. The van der Waals surface area contributed by atoms with Gasteiger partial charge in [-0.2, -0.15) is 0 Å². The molecule has 2 saturated heterocycles. The molecule has 3 amide bonds. The number of hydrogen-bond acceptors (Lipinski definition) is 8. The smallest absolute Gasteiger partial charge is 0.253 e. The second-order valence-corrected chi connectivity index (χ2v) is 9.74. The zero-order valence-corrected chi connectivity index (χ0v) is 21.5. The number of nitrogens with zero attached hydrogens (tertiary/aromatic N) is 3. The summed E-state index contributed by atoms with van der Waals surface area (Å²) in [6, 6.07) is 6.34. The van der Waals surface area contributed by atoms with Gasteiger partial charge in [0.2, 0.25) is 11.8 Å². The van der Waals surface area contributed by atoms with Crippen LogP contribution in [-0.4, -0.2) is 71.8 Å². The van der Waals surface area contributed by atoms with E-state index in [1.807, 2.05) is 0 Å². The summed E-state index contributed by atoms with van der Waals surface area (Å²) in [6.45, 7) is 6.14. The van der Waals surface area contributed by atoms with Crippen molar-refractivity contribution in [2.45, 2.75) is 58.6 Å². The molecule has 0 saturated carbocycles. The van der Waals surface area contributed by atoms with E-state index in [2.05, 4.69) is 25.6 Å². The molecule has 0 aliphatic carbocycles. The van der Waals surface area contributed by atoms with Gasteiger partial charge in [-0.15, -0.1) is 0 Å². The van der Waals surface area contributed by atoms with E-state index in [9.17, 15) is 14.4 Å². The maximum absolute atomic E-state index is 13.3. The molecule has 1 atom stereocenters. The summed E-state index contributed by atoms with van der Waals surface area (Å²) in [5.74, 6) is 0.198. The summed E-state index contributed by atoms with van der Waals surface area (Å²) in [4.78, 5) is 40.6. The molecule has 1 spiro atoms. The quantitative estimate of drug-likeness (QED) is 0.634. The number of carbonyl (C=O) groups is 3. The SMILES string of the molecule is Cc1nonc1COc1ccc(C(=O)N2CCC3(CCCCOCCNC(=O)[C@H](C)NC3=O)CC2)cc1. The molecule has 1 aromatic carbocycles. The maximum atomic E-state index is 13.3. The summed E-state index contributed by atoms with van der Waals surface area (Å²) in [5, 5.41) is 13.2. The molecule has 2 N–H and O–H groups in total. The highest BCUT2D eigenvalue weighted by Gasteiger charge is 2.42. The van der Waals surface area contributed by atoms with Gasteiger partial charge >= 0.3 is 0 Å². The first-order valence-electron chi connectivity index (χ1n) is 12.8. The first-order valence-corrected chi connectivity index (χ1v) is 12.8. The molecule has 0 bridgehead atoms. The van der Waals surface area contributed by atoms with Crippen molar-refractivity contribution in [1.29, 1.82) is 0 Å². The fourth-order valence-corrected chi connectivity index (χ4v) is 4.72. The monoisotopic (exact) mass is 513 g/mol. The first-order chi connectivity index (χ1) is 17.9. The minimum absolute atomic E-state index is 0.0795. The zero-order valence-electron chi connectivity index (χ0n) is 21.5. The lowest BCUT2D eigenvalue weighted by Gasteiger charge is -2.41. The highest BCUT2D eigenvalue weighted by molar-refractivity contribution is 5.95. The number of aromatic nitrogens is 2. The molecule has 0 unspecified atom stereocenters. The lowest BCUT2D eigenvalue weighted by Crippen LogP contribution is -2.54. The normalized spacial score (nSPS) is 21.2. The van der Waals surface area contributed by atoms with Crippen molar-refractivity contribution in [3.63, 3.8) is 0 Å². The van der Waals surface area contributed by atoms with Gasteiger partial charge < -0.3 is 25.0 Å². The Balaban J connectivity index is 1.36. The molecular weight excluding hydrogens is 478 g/mol. The molecule has 1 aromatic heterocycles. The molecule has 11 heteroatoms. The molecular formula is C26H35N5O6. The largest absolute Gasteiger partial charge is 0.487 e. The van der Waals surface area contributed by atoms with E-state index < -0.39 is 11.5 Å². The number of carbonyl (C=O) groups excluding carboxylic acids is 3. The van der Waals surface area contributed by atoms with Gasteiger partial charge in [0.15, 0.2) is 0 Å². The highest BCUT2D eigenvalue weighted by Crippen LogP contribution is 2.37.